The summed E-state index contributed by atoms with van der Waals surface area (Å²) in [7, 11) is 1.63. The number of carbonyl (C=O) groups excluding carboxylic acids is 1. The summed E-state index contributed by atoms with van der Waals surface area (Å²) in [4.78, 5) is 14.2. The van der Waals surface area contributed by atoms with Crippen molar-refractivity contribution in [1.29, 1.82) is 0 Å². The lowest BCUT2D eigenvalue weighted by Gasteiger charge is -2.07. The number of hydrazine groups is 1. The molecule has 0 unspecified atom stereocenters. The molecule has 0 saturated carbocycles. The second kappa shape index (κ2) is 8.27. The normalized spacial score (nSPS) is 11.1. The molecule has 1 amide bonds. The summed E-state index contributed by atoms with van der Waals surface area (Å²) in [5.74, 6) is 4.99. The van der Waals surface area contributed by atoms with E-state index in [1.165, 1.54) is 0 Å². The highest BCUT2D eigenvalue weighted by Gasteiger charge is 1.96. The summed E-state index contributed by atoms with van der Waals surface area (Å²) in [5, 5.41) is 2.89. The van der Waals surface area contributed by atoms with Gasteiger partial charge in [-0.1, -0.05) is 0 Å². The van der Waals surface area contributed by atoms with E-state index in [4.69, 9.17) is 16.3 Å². The van der Waals surface area contributed by atoms with Crippen molar-refractivity contribution in [2.24, 2.45) is 16.6 Å². The number of ether oxygens (including phenoxy) is 1. The number of hydrogen-bond acceptors (Lipinski definition) is 4. The summed E-state index contributed by atoms with van der Waals surface area (Å²) in [6, 6.07) is 0. The minimum atomic E-state index is -0.503. The standard InChI is InChI=1S/C7H17N5O2/c1-14-4-2-3-10-7(12-9)11-5-6(8)13/h2-5,9H2,1H3,(H2,8,13)(H2,10,11,12). The molecule has 7 heteroatoms. The fraction of sp³-hybridized carbons (Fsp3) is 0.714. The van der Waals surface area contributed by atoms with Crippen molar-refractivity contribution in [3.8, 4) is 0 Å². The maximum Gasteiger partial charge on any atom is 0.239 e. The van der Waals surface area contributed by atoms with Crippen LogP contribution in [0.2, 0.25) is 0 Å². The first kappa shape index (κ1) is 12.7. The molecule has 0 bridgehead atoms. The molecule has 0 saturated heterocycles. The van der Waals surface area contributed by atoms with Crippen molar-refractivity contribution in [1.82, 2.24) is 10.7 Å². The maximum atomic E-state index is 10.4. The second-order valence-electron chi connectivity index (χ2n) is 2.55. The number of guanidine groups is 1. The number of nitrogens with one attached hydrogen (secondary N) is 2. The molecule has 0 aromatic carbocycles. The summed E-state index contributed by atoms with van der Waals surface area (Å²) in [5.41, 5.74) is 7.23. The van der Waals surface area contributed by atoms with E-state index in [1.807, 2.05) is 0 Å². The van der Waals surface area contributed by atoms with E-state index in [2.05, 4.69) is 15.7 Å². The predicted molar refractivity (Wildman–Crippen MR) is 53.3 cm³/mol. The third kappa shape index (κ3) is 7.32. The summed E-state index contributed by atoms with van der Waals surface area (Å²) >= 11 is 0. The lowest BCUT2D eigenvalue weighted by Crippen LogP contribution is -2.42. The SMILES string of the molecule is COCCCNC(=NCC(N)=O)NN. The van der Waals surface area contributed by atoms with Crippen LogP contribution in [0.15, 0.2) is 4.99 Å². The van der Waals surface area contributed by atoms with Gasteiger partial charge in [-0.15, -0.1) is 0 Å². The van der Waals surface area contributed by atoms with Gasteiger partial charge in [-0.05, 0) is 6.42 Å². The number of primary amides is 1. The Balaban J connectivity index is 3.67. The Labute approximate surface area is 82.8 Å². The highest BCUT2D eigenvalue weighted by molar-refractivity contribution is 5.83. The summed E-state index contributed by atoms with van der Waals surface area (Å²) in [6.07, 6.45) is 0.827. The molecule has 0 aliphatic heterocycles. The molecule has 0 aliphatic rings. The fourth-order valence-electron chi connectivity index (χ4n) is 0.733. The minimum Gasteiger partial charge on any atom is -0.385 e. The van der Waals surface area contributed by atoms with E-state index in [0.717, 1.165) is 6.42 Å². The smallest absolute Gasteiger partial charge is 0.239 e. The van der Waals surface area contributed by atoms with E-state index in [1.54, 1.807) is 7.11 Å². The Morgan fingerprint density at radius 2 is 2.29 bits per heavy atom. The minimum absolute atomic E-state index is 0.0865. The van der Waals surface area contributed by atoms with E-state index in [0.29, 0.717) is 19.1 Å². The van der Waals surface area contributed by atoms with Gasteiger partial charge in [0.1, 0.15) is 6.54 Å². The molecule has 0 rings (SSSR count). The number of amides is 1. The third-order valence-corrected chi connectivity index (χ3v) is 1.35. The molecule has 6 N–H and O–H groups in total. The van der Waals surface area contributed by atoms with Crippen molar-refractivity contribution in [2.75, 3.05) is 26.8 Å². The number of rotatable bonds is 6. The van der Waals surface area contributed by atoms with Crippen LogP contribution in [-0.2, 0) is 9.53 Å². The largest absolute Gasteiger partial charge is 0.385 e. The van der Waals surface area contributed by atoms with Crippen LogP contribution in [0, 0.1) is 0 Å². The monoisotopic (exact) mass is 203 g/mol. The summed E-state index contributed by atoms with van der Waals surface area (Å²) in [6.45, 7) is 1.23. The van der Waals surface area contributed by atoms with E-state index in [9.17, 15) is 4.79 Å². The first-order valence-electron chi connectivity index (χ1n) is 4.23. The summed E-state index contributed by atoms with van der Waals surface area (Å²) < 4.78 is 4.85. The first-order chi connectivity index (χ1) is 6.70. The molecule has 82 valence electrons. The van der Waals surface area contributed by atoms with Gasteiger partial charge in [0.2, 0.25) is 11.9 Å². The Bertz CT molecular complexity index is 195. The van der Waals surface area contributed by atoms with Crippen molar-refractivity contribution in [2.45, 2.75) is 6.42 Å². The lowest BCUT2D eigenvalue weighted by molar-refractivity contribution is -0.116. The quantitative estimate of drug-likeness (QED) is 0.130. The topological polar surface area (TPSA) is 115 Å². The number of hydrogen-bond donors (Lipinski definition) is 4. The van der Waals surface area contributed by atoms with Gasteiger partial charge in [-0.25, -0.2) is 10.8 Å². The van der Waals surface area contributed by atoms with Crippen molar-refractivity contribution in [3.63, 3.8) is 0 Å². The predicted octanol–water partition coefficient (Wildman–Crippen LogP) is -2.08. The average molecular weight is 203 g/mol. The van der Waals surface area contributed by atoms with Gasteiger partial charge in [0.15, 0.2) is 0 Å². The molecular formula is C7H17N5O2. The molecule has 0 heterocycles. The molecule has 7 nitrogen and oxygen atoms in total. The molecular weight excluding hydrogens is 186 g/mol. The Hall–Kier alpha value is -1.34. The van der Waals surface area contributed by atoms with Crippen LogP contribution in [0.25, 0.3) is 0 Å². The third-order valence-electron chi connectivity index (χ3n) is 1.35. The highest BCUT2D eigenvalue weighted by Crippen LogP contribution is 1.77. The molecule has 0 atom stereocenters. The van der Waals surface area contributed by atoms with Gasteiger partial charge < -0.3 is 15.8 Å². The first-order valence-corrected chi connectivity index (χ1v) is 4.23. The zero-order valence-electron chi connectivity index (χ0n) is 8.25. The van der Waals surface area contributed by atoms with E-state index in [-0.39, 0.29) is 6.54 Å². The van der Waals surface area contributed by atoms with Crippen LogP contribution in [0.1, 0.15) is 6.42 Å². The zero-order chi connectivity index (χ0) is 10.8. The Morgan fingerprint density at radius 3 is 2.79 bits per heavy atom. The Kier molecular flexibility index (Phi) is 7.48. The van der Waals surface area contributed by atoms with Crippen molar-refractivity contribution in [3.05, 3.63) is 0 Å². The van der Waals surface area contributed by atoms with Crippen LogP contribution >= 0.6 is 0 Å². The molecule has 0 radical (unpaired) electrons. The molecule has 14 heavy (non-hydrogen) atoms. The molecule has 0 aliphatic carbocycles. The van der Waals surface area contributed by atoms with E-state index >= 15 is 0 Å². The number of carbonyl (C=O) groups is 1. The second-order valence-corrected chi connectivity index (χ2v) is 2.55. The van der Waals surface area contributed by atoms with E-state index < -0.39 is 5.91 Å². The van der Waals surface area contributed by atoms with Crippen LogP contribution in [0.3, 0.4) is 0 Å². The fourth-order valence-corrected chi connectivity index (χ4v) is 0.733. The number of methoxy groups -OCH3 is 1. The van der Waals surface area contributed by atoms with Gasteiger partial charge >= 0.3 is 0 Å². The van der Waals surface area contributed by atoms with Crippen LogP contribution in [0.5, 0.6) is 0 Å². The average Bonchev–Trinajstić information content (AvgIpc) is 2.16. The number of nitrogens with zero attached hydrogens (tertiary/aromatic N) is 1. The lowest BCUT2D eigenvalue weighted by atomic mass is 10.4. The van der Waals surface area contributed by atoms with Crippen molar-refractivity contribution < 1.29 is 9.53 Å². The zero-order valence-corrected chi connectivity index (χ0v) is 8.25. The molecule has 0 fully saturated rings. The Morgan fingerprint density at radius 1 is 1.57 bits per heavy atom. The van der Waals surface area contributed by atoms with Gasteiger partial charge in [0.25, 0.3) is 0 Å². The van der Waals surface area contributed by atoms with Crippen LogP contribution < -0.4 is 22.3 Å². The van der Waals surface area contributed by atoms with Gasteiger partial charge in [0.05, 0.1) is 0 Å². The van der Waals surface area contributed by atoms with Crippen LogP contribution in [-0.4, -0.2) is 38.7 Å². The number of nitrogens with two attached hydrogens (primary N) is 2. The van der Waals surface area contributed by atoms with Gasteiger partial charge in [-0.3, -0.25) is 10.2 Å². The van der Waals surface area contributed by atoms with Gasteiger partial charge in [0, 0.05) is 20.3 Å². The number of aliphatic imine (C=N–C) groups is 1. The molecule has 0 aromatic heterocycles. The highest BCUT2D eigenvalue weighted by atomic mass is 16.5. The van der Waals surface area contributed by atoms with Gasteiger partial charge in [-0.2, -0.15) is 0 Å². The molecule has 0 spiro atoms. The van der Waals surface area contributed by atoms with Crippen LogP contribution in [0.4, 0.5) is 0 Å². The molecule has 0 aromatic rings. The maximum absolute atomic E-state index is 10.4. The van der Waals surface area contributed by atoms with Crippen molar-refractivity contribution >= 4 is 11.9 Å².